The van der Waals surface area contributed by atoms with Crippen molar-refractivity contribution in [3.63, 3.8) is 0 Å². The van der Waals surface area contributed by atoms with Gasteiger partial charge in [0.05, 0.1) is 6.33 Å². The minimum absolute atomic E-state index is 0.236. The summed E-state index contributed by atoms with van der Waals surface area (Å²) in [6.45, 7) is 0.480. The molecule has 0 saturated carbocycles. The number of imidazole rings is 1. The van der Waals surface area contributed by atoms with Gasteiger partial charge in [0.1, 0.15) is 0 Å². The van der Waals surface area contributed by atoms with Crippen LogP contribution in [0.5, 0.6) is 0 Å². The lowest BCUT2D eigenvalue weighted by Gasteiger charge is -2.08. The largest absolute Gasteiger partial charge is 0.332 e. The Bertz CT molecular complexity index is 760. The van der Waals surface area contributed by atoms with Crippen LogP contribution in [-0.4, -0.2) is 24.0 Å². The predicted molar refractivity (Wildman–Crippen MR) is 96.3 cm³/mol. The van der Waals surface area contributed by atoms with Gasteiger partial charge in [-0.2, -0.15) is 0 Å². The molecule has 0 atom stereocenters. The van der Waals surface area contributed by atoms with E-state index in [2.05, 4.69) is 20.9 Å². The van der Waals surface area contributed by atoms with Crippen LogP contribution in [0.1, 0.15) is 44.9 Å². The van der Waals surface area contributed by atoms with Crippen molar-refractivity contribution < 1.29 is 0 Å². The first-order valence-corrected chi connectivity index (χ1v) is 9.37. The van der Waals surface area contributed by atoms with Crippen LogP contribution in [0.2, 0.25) is 0 Å². The maximum Gasteiger partial charge on any atom is 0.332 e. The quantitative estimate of drug-likeness (QED) is 0.492. The Morgan fingerprint density at radius 1 is 1.00 bits per heavy atom. The normalized spacial score (nSPS) is 11.4. The maximum absolute atomic E-state index is 12.5. The van der Waals surface area contributed by atoms with Crippen molar-refractivity contribution in [2.24, 2.45) is 14.1 Å². The summed E-state index contributed by atoms with van der Waals surface area (Å²) in [7, 11) is 3.44. The average molecular weight is 385 g/mol. The molecule has 6 nitrogen and oxygen atoms in total. The molecule has 0 aromatic carbocycles. The van der Waals surface area contributed by atoms with Crippen LogP contribution in [0.3, 0.4) is 0 Å². The molecule has 0 N–H and O–H groups in total. The first-order valence-electron chi connectivity index (χ1n) is 8.24. The van der Waals surface area contributed by atoms with E-state index in [1.165, 1.54) is 34.8 Å². The van der Waals surface area contributed by atoms with Gasteiger partial charge in [-0.3, -0.25) is 13.9 Å². The first kappa shape index (κ1) is 18.0. The zero-order chi connectivity index (χ0) is 16.8. The van der Waals surface area contributed by atoms with Gasteiger partial charge in [0.15, 0.2) is 11.2 Å². The average Bonchev–Trinajstić information content (AvgIpc) is 2.92. The summed E-state index contributed by atoms with van der Waals surface area (Å²) in [6.07, 6.45) is 9.62. The minimum Gasteiger partial charge on any atom is -0.328 e. The zero-order valence-corrected chi connectivity index (χ0v) is 15.5. The standard InChI is InChI=1S/C16H25BrN4O2/c1-19-12-18-14-13(19)15(22)21(16(23)20(14)2)11-9-7-5-3-4-6-8-10-17/h12H,3-11H2,1-2H3. The number of alkyl halides is 1. The molecule has 0 unspecified atom stereocenters. The highest BCUT2D eigenvalue weighted by molar-refractivity contribution is 9.09. The van der Waals surface area contributed by atoms with Crippen LogP contribution < -0.4 is 11.2 Å². The summed E-state index contributed by atoms with van der Waals surface area (Å²) in [4.78, 5) is 29.0. The van der Waals surface area contributed by atoms with Gasteiger partial charge in [0, 0.05) is 26.0 Å². The second-order valence-corrected chi connectivity index (χ2v) is 6.78. The Labute approximate surface area is 144 Å². The third-order valence-electron chi connectivity index (χ3n) is 4.22. The lowest BCUT2D eigenvalue weighted by molar-refractivity contribution is 0.522. The number of aromatic nitrogens is 4. The molecule has 23 heavy (non-hydrogen) atoms. The second-order valence-electron chi connectivity index (χ2n) is 5.99. The maximum atomic E-state index is 12.5. The van der Waals surface area contributed by atoms with Gasteiger partial charge in [0.2, 0.25) is 0 Å². The Kier molecular flexibility index (Phi) is 6.62. The molecule has 0 bridgehead atoms. The number of halogens is 1. The molecular weight excluding hydrogens is 360 g/mol. The smallest absolute Gasteiger partial charge is 0.328 e. The van der Waals surface area contributed by atoms with Crippen molar-refractivity contribution in [1.29, 1.82) is 0 Å². The Morgan fingerprint density at radius 3 is 2.26 bits per heavy atom. The molecule has 0 aliphatic heterocycles. The summed E-state index contributed by atoms with van der Waals surface area (Å²) in [5.41, 5.74) is 0.423. The number of aryl methyl sites for hydroxylation is 2. The first-order chi connectivity index (χ1) is 11.1. The van der Waals surface area contributed by atoms with Gasteiger partial charge >= 0.3 is 5.69 Å². The third kappa shape index (κ3) is 4.13. The molecule has 2 aromatic rings. The van der Waals surface area contributed by atoms with Crippen molar-refractivity contribution in [3.05, 3.63) is 27.2 Å². The molecule has 2 aromatic heterocycles. The molecule has 0 aliphatic rings. The van der Waals surface area contributed by atoms with E-state index in [1.807, 2.05) is 0 Å². The molecular formula is C16H25BrN4O2. The monoisotopic (exact) mass is 384 g/mol. The SMILES string of the molecule is Cn1cnc2c1c(=O)n(CCCCCCCCCBr)c(=O)n2C. The number of hydrogen-bond donors (Lipinski definition) is 0. The van der Waals surface area contributed by atoms with Crippen LogP contribution in [0.25, 0.3) is 11.2 Å². The van der Waals surface area contributed by atoms with E-state index >= 15 is 0 Å². The predicted octanol–water partition coefficient (Wildman–Crippen LogP) is 2.56. The van der Waals surface area contributed by atoms with E-state index in [0.717, 1.165) is 24.6 Å². The van der Waals surface area contributed by atoms with E-state index in [4.69, 9.17) is 0 Å². The number of rotatable bonds is 9. The van der Waals surface area contributed by atoms with Crippen molar-refractivity contribution in [1.82, 2.24) is 18.7 Å². The van der Waals surface area contributed by atoms with Crippen LogP contribution in [0.15, 0.2) is 15.9 Å². The summed E-state index contributed by atoms with van der Waals surface area (Å²) < 4.78 is 4.48. The molecule has 0 radical (unpaired) electrons. The van der Waals surface area contributed by atoms with Crippen LogP contribution in [0.4, 0.5) is 0 Å². The van der Waals surface area contributed by atoms with Gasteiger partial charge in [-0.05, 0) is 12.8 Å². The summed E-state index contributed by atoms with van der Waals surface area (Å²) >= 11 is 3.44. The van der Waals surface area contributed by atoms with Crippen molar-refractivity contribution in [2.45, 2.75) is 51.5 Å². The molecule has 0 spiro atoms. The fraction of sp³-hybridized carbons (Fsp3) is 0.688. The van der Waals surface area contributed by atoms with Crippen LogP contribution in [0, 0.1) is 0 Å². The molecule has 0 aliphatic carbocycles. The topological polar surface area (TPSA) is 61.8 Å². The molecule has 2 rings (SSSR count). The summed E-state index contributed by atoms with van der Waals surface area (Å²) in [5.74, 6) is 0. The Balaban J connectivity index is 1.97. The zero-order valence-electron chi connectivity index (χ0n) is 13.9. The molecule has 2 heterocycles. The summed E-state index contributed by atoms with van der Waals surface area (Å²) in [6, 6.07) is 0. The van der Waals surface area contributed by atoms with Gasteiger partial charge < -0.3 is 4.57 Å². The van der Waals surface area contributed by atoms with Crippen LogP contribution in [-0.2, 0) is 20.6 Å². The Morgan fingerprint density at radius 2 is 1.61 bits per heavy atom. The van der Waals surface area contributed by atoms with Crippen molar-refractivity contribution >= 4 is 27.1 Å². The second kappa shape index (κ2) is 8.47. The van der Waals surface area contributed by atoms with E-state index in [0.29, 0.717) is 17.7 Å². The highest BCUT2D eigenvalue weighted by atomic mass is 79.9. The molecule has 0 fully saturated rings. The van der Waals surface area contributed by atoms with E-state index in [1.54, 1.807) is 25.0 Å². The number of fused-ring (bicyclic) bond motifs is 1. The van der Waals surface area contributed by atoms with Gasteiger partial charge in [-0.25, -0.2) is 9.78 Å². The molecule has 0 amide bonds. The van der Waals surface area contributed by atoms with E-state index in [9.17, 15) is 9.59 Å². The molecule has 7 heteroatoms. The minimum atomic E-state index is -0.279. The Hall–Kier alpha value is -1.37. The highest BCUT2D eigenvalue weighted by Crippen LogP contribution is 2.09. The van der Waals surface area contributed by atoms with Crippen molar-refractivity contribution in [3.8, 4) is 0 Å². The number of hydrogen-bond acceptors (Lipinski definition) is 3. The number of nitrogens with zero attached hydrogens (tertiary/aromatic N) is 4. The van der Waals surface area contributed by atoms with E-state index in [-0.39, 0.29) is 11.2 Å². The lowest BCUT2D eigenvalue weighted by Crippen LogP contribution is -2.39. The van der Waals surface area contributed by atoms with Gasteiger partial charge in [0.25, 0.3) is 5.56 Å². The molecule has 128 valence electrons. The highest BCUT2D eigenvalue weighted by Gasteiger charge is 2.14. The fourth-order valence-electron chi connectivity index (χ4n) is 2.84. The molecule has 0 saturated heterocycles. The van der Waals surface area contributed by atoms with Gasteiger partial charge in [-0.15, -0.1) is 0 Å². The van der Waals surface area contributed by atoms with Gasteiger partial charge in [-0.1, -0.05) is 48.0 Å². The number of unbranched alkanes of at least 4 members (excludes halogenated alkanes) is 6. The summed E-state index contributed by atoms with van der Waals surface area (Å²) in [5, 5.41) is 1.08. The fourth-order valence-corrected chi connectivity index (χ4v) is 3.24. The lowest BCUT2D eigenvalue weighted by atomic mass is 10.1. The van der Waals surface area contributed by atoms with Crippen molar-refractivity contribution in [2.75, 3.05) is 5.33 Å². The van der Waals surface area contributed by atoms with Crippen LogP contribution >= 0.6 is 15.9 Å². The van der Waals surface area contributed by atoms with E-state index < -0.39 is 0 Å². The third-order valence-corrected chi connectivity index (χ3v) is 4.78.